The molecule has 3 unspecified atom stereocenters. The fourth-order valence-electron chi connectivity index (χ4n) is 3.63. The Kier molecular flexibility index (Phi) is 5.37. The molecule has 0 saturated carbocycles. The fraction of sp³-hybridized carbons (Fsp3) is 0.556. The number of benzene rings is 1. The number of fused-ring (bicyclic) bond motifs is 1. The summed E-state index contributed by atoms with van der Waals surface area (Å²) in [5, 5.41) is 12.9. The molecule has 2 aliphatic rings. The zero-order valence-corrected chi connectivity index (χ0v) is 15.0. The van der Waals surface area contributed by atoms with Gasteiger partial charge >= 0.3 is 12.0 Å². The lowest BCUT2D eigenvalue weighted by Gasteiger charge is -2.35. The van der Waals surface area contributed by atoms with Crippen LogP contribution in [0.1, 0.15) is 37.8 Å². The number of carbonyl (C=O) groups excluding carboxylic acids is 1. The maximum atomic E-state index is 12.7. The summed E-state index contributed by atoms with van der Waals surface area (Å²) in [6.07, 6.45) is 2.20. The molecule has 7 heteroatoms. The van der Waals surface area contributed by atoms with E-state index in [1.54, 1.807) is 17.0 Å². The number of aliphatic carboxylic acids is 1. The Balaban J connectivity index is 1.73. The Labute approximate surface area is 152 Å². The SMILES string of the molecule is CC1CC(C(=O)O)CN(C(=O)NC2CCCOc3cc(Cl)ccc32)C1. The Morgan fingerprint density at radius 2 is 2.16 bits per heavy atom. The van der Waals surface area contributed by atoms with Gasteiger partial charge < -0.3 is 20.1 Å². The van der Waals surface area contributed by atoms with Gasteiger partial charge in [-0.25, -0.2) is 4.79 Å². The van der Waals surface area contributed by atoms with Crippen molar-refractivity contribution in [1.82, 2.24) is 10.2 Å². The number of carbonyl (C=O) groups is 2. The molecule has 1 fully saturated rings. The molecule has 2 aliphatic heterocycles. The van der Waals surface area contributed by atoms with Gasteiger partial charge in [-0.3, -0.25) is 4.79 Å². The Morgan fingerprint density at radius 1 is 1.36 bits per heavy atom. The van der Waals surface area contributed by atoms with Crippen molar-refractivity contribution in [3.63, 3.8) is 0 Å². The van der Waals surface area contributed by atoms with E-state index < -0.39 is 11.9 Å². The lowest BCUT2D eigenvalue weighted by Crippen LogP contribution is -2.50. The summed E-state index contributed by atoms with van der Waals surface area (Å²) < 4.78 is 5.73. The number of piperidine rings is 1. The van der Waals surface area contributed by atoms with Crippen LogP contribution in [0.3, 0.4) is 0 Å². The molecule has 1 aromatic rings. The molecule has 0 spiro atoms. The smallest absolute Gasteiger partial charge is 0.317 e. The molecule has 136 valence electrons. The van der Waals surface area contributed by atoms with Crippen LogP contribution in [0.5, 0.6) is 5.75 Å². The number of ether oxygens (including phenoxy) is 1. The van der Waals surface area contributed by atoms with Crippen molar-refractivity contribution < 1.29 is 19.4 Å². The summed E-state index contributed by atoms with van der Waals surface area (Å²) in [5.41, 5.74) is 0.912. The van der Waals surface area contributed by atoms with Gasteiger partial charge in [0.1, 0.15) is 5.75 Å². The number of amides is 2. The number of nitrogens with one attached hydrogen (secondary N) is 1. The third-order valence-corrected chi connectivity index (χ3v) is 5.07. The molecule has 0 aliphatic carbocycles. The van der Waals surface area contributed by atoms with Gasteiger partial charge in [-0.1, -0.05) is 24.6 Å². The van der Waals surface area contributed by atoms with Crippen molar-refractivity contribution in [3.8, 4) is 5.75 Å². The summed E-state index contributed by atoms with van der Waals surface area (Å²) >= 11 is 6.04. The highest BCUT2D eigenvalue weighted by Crippen LogP contribution is 2.34. The number of carboxylic acid groups (broad SMARTS) is 1. The molecule has 2 amide bonds. The van der Waals surface area contributed by atoms with Gasteiger partial charge in [-0.15, -0.1) is 0 Å². The molecule has 1 saturated heterocycles. The van der Waals surface area contributed by atoms with Crippen molar-refractivity contribution in [2.24, 2.45) is 11.8 Å². The van der Waals surface area contributed by atoms with E-state index in [0.29, 0.717) is 30.3 Å². The minimum Gasteiger partial charge on any atom is -0.493 e. The number of hydrogen-bond acceptors (Lipinski definition) is 3. The first-order valence-corrected chi connectivity index (χ1v) is 9.02. The first-order chi connectivity index (χ1) is 11.9. The van der Waals surface area contributed by atoms with Gasteiger partial charge in [0, 0.05) is 23.7 Å². The highest BCUT2D eigenvalue weighted by atomic mass is 35.5. The van der Waals surface area contributed by atoms with Crippen LogP contribution in [0, 0.1) is 11.8 Å². The maximum Gasteiger partial charge on any atom is 0.317 e. The van der Waals surface area contributed by atoms with E-state index in [9.17, 15) is 14.7 Å². The minimum absolute atomic E-state index is 0.164. The molecule has 25 heavy (non-hydrogen) atoms. The highest BCUT2D eigenvalue weighted by molar-refractivity contribution is 6.30. The molecule has 2 N–H and O–H groups in total. The van der Waals surface area contributed by atoms with Crippen molar-refractivity contribution in [2.75, 3.05) is 19.7 Å². The summed E-state index contributed by atoms with van der Waals surface area (Å²) in [6, 6.07) is 5.06. The van der Waals surface area contributed by atoms with E-state index in [4.69, 9.17) is 16.3 Å². The van der Waals surface area contributed by atoms with E-state index in [1.807, 2.05) is 13.0 Å². The average Bonchev–Trinajstić information content (AvgIpc) is 2.76. The van der Waals surface area contributed by atoms with Crippen molar-refractivity contribution in [1.29, 1.82) is 0 Å². The zero-order chi connectivity index (χ0) is 18.0. The molecule has 1 aromatic carbocycles. The summed E-state index contributed by atoms with van der Waals surface area (Å²) in [7, 11) is 0. The molecule has 3 atom stereocenters. The lowest BCUT2D eigenvalue weighted by atomic mass is 9.91. The number of carboxylic acids is 1. The van der Waals surface area contributed by atoms with Crippen LogP contribution in [-0.2, 0) is 4.79 Å². The summed E-state index contributed by atoms with van der Waals surface area (Å²) in [5.74, 6) is -0.472. The Morgan fingerprint density at radius 3 is 2.92 bits per heavy atom. The normalized spacial score (nSPS) is 26.2. The molecule has 0 aromatic heterocycles. The fourth-order valence-corrected chi connectivity index (χ4v) is 3.79. The van der Waals surface area contributed by atoms with Gasteiger partial charge in [0.15, 0.2) is 0 Å². The standard InChI is InChI=1S/C18H23ClN2O4/c1-11-7-12(17(22)23)10-21(9-11)18(24)20-15-3-2-6-25-16-8-13(19)4-5-14(15)16/h4-5,8,11-12,15H,2-3,6-7,9-10H2,1H3,(H,20,24)(H,22,23). The van der Waals surface area contributed by atoms with E-state index in [1.165, 1.54) is 0 Å². The first kappa shape index (κ1) is 17.9. The first-order valence-electron chi connectivity index (χ1n) is 8.64. The molecule has 2 heterocycles. The maximum absolute atomic E-state index is 12.7. The molecule has 6 nitrogen and oxygen atoms in total. The molecular weight excluding hydrogens is 344 g/mol. The topological polar surface area (TPSA) is 78.9 Å². The quantitative estimate of drug-likeness (QED) is 0.841. The Hall–Kier alpha value is -1.95. The summed E-state index contributed by atoms with van der Waals surface area (Å²) in [6.45, 7) is 3.39. The highest BCUT2D eigenvalue weighted by Gasteiger charge is 2.33. The van der Waals surface area contributed by atoms with Gasteiger partial charge in [-0.05, 0) is 37.3 Å². The van der Waals surface area contributed by atoms with E-state index in [2.05, 4.69) is 5.32 Å². The molecule has 0 radical (unpaired) electrons. The van der Waals surface area contributed by atoms with Crippen LogP contribution < -0.4 is 10.1 Å². The Bertz CT molecular complexity index is 666. The van der Waals surface area contributed by atoms with E-state index in [-0.39, 0.29) is 24.5 Å². The molecular formula is C18H23ClN2O4. The number of hydrogen-bond donors (Lipinski definition) is 2. The predicted octanol–water partition coefficient (Wildman–Crippen LogP) is 3.31. The number of likely N-dealkylation sites (tertiary alicyclic amines) is 1. The molecule has 0 bridgehead atoms. The lowest BCUT2D eigenvalue weighted by molar-refractivity contribution is -0.143. The van der Waals surface area contributed by atoms with Crippen molar-refractivity contribution in [2.45, 2.75) is 32.2 Å². The van der Waals surface area contributed by atoms with Crippen LogP contribution in [0.2, 0.25) is 5.02 Å². The predicted molar refractivity (Wildman–Crippen MR) is 93.9 cm³/mol. The number of urea groups is 1. The van der Waals surface area contributed by atoms with Gasteiger partial charge in [0.2, 0.25) is 0 Å². The second kappa shape index (κ2) is 7.52. The van der Waals surface area contributed by atoms with E-state index in [0.717, 1.165) is 18.4 Å². The van der Waals surface area contributed by atoms with Gasteiger partial charge in [-0.2, -0.15) is 0 Å². The number of nitrogens with zero attached hydrogens (tertiary/aromatic N) is 1. The van der Waals surface area contributed by atoms with Crippen LogP contribution in [0.15, 0.2) is 18.2 Å². The minimum atomic E-state index is -0.841. The van der Waals surface area contributed by atoms with Crippen molar-refractivity contribution >= 4 is 23.6 Å². The van der Waals surface area contributed by atoms with Crippen molar-refractivity contribution in [3.05, 3.63) is 28.8 Å². The summed E-state index contributed by atoms with van der Waals surface area (Å²) in [4.78, 5) is 25.7. The van der Waals surface area contributed by atoms with Gasteiger partial charge in [0.25, 0.3) is 0 Å². The monoisotopic (exact) mass is 366 g/mol. The second-order valence-electron chi connectivity index (χ2n) is 6.96. The number of rotatable bonds is 2. The van der Waals surface area contributed by atoms with Crippen LogP contribution in [0.4, 0.5) is 4.79 Å². The van der Waals surface area contributed by atoms with E-state index >= 15 is 0 Å². The zero-order valence-electron chi connectivity index (χ0n) is 14.2. The second-order valence-corrected chi connectivity index (χ2v) is 7.39. The van der Waals surface area contributed by atoms with Gasteiger partial charge in [0.05, 0.1) is 18.6 Å². The molecule has 3 rings (SSSR count). The van der Waals surface area contributed by atoms with Crippen LogP contribution >= 0.6 is 11.6 Å². The average molecular weight is 367 g/mol. The van der Waals surface area contributed by atoms with Crippen LogP contribution in [0.25, 0.3) is 0 Å². The van der Waals surface area contributed by atoms with Crippen LogP contribution in [-0.4, -0.2) is 41.7 Å². The third-order valence-electron chi connectivity index (χ3n) is 4.84. The largest absolute Gasteiger partial charge is 0.493 e. The number of halogens is 1. The third kappa shape index (κ3) is 4.18.